The highest BCUT2D eigenvalue weighted by Crippen LogP contribution is 2.33. The van der Waals surface area contributed by atoms with Crippen LogP contribution in [0.15, 0.2) is 5.38 Å². The number of hydrogen-bond acceptors (Lipinski definition) is 16. The number of rotatable bonds is 22. The van der Waals surface area contributed by atoms with Crippen molar-refractivity contribution in [3.8, 4) is 0 Å². The third-order valence-corrected chi connectivity index (χ3v) is 12.4. The Kier molecular flexibility index (Phi) is 20.0. The number of thiazole rings is 1. The fourth-order valence-electron chi connectivity index (χ4n) is 8.04. The van der Waals surface area contributed by atoms with Crippen molar-refractivity contribution in [2.45, 2.75) is 166 Å². The summed E-state index contributed by atoms with van der Waals surface area (Å²) in [5.41, 5.74) is 0.715. The predicted octanol–water partition coefficient (Wildman–Crippen LogP) is 0.361. The lowest BCUT2D eigenvalue weighted by atomic mass is 9.85. The van der Waals surface area contributed by atoms with Gasteiger partial charge >= 0.3 is 5.97 Å². The zero-order valence-electron chi connectivity index (χ0n) is 35.1. The van der Waals surface area contributed by atoms with Crippen molar-refractivity contribution in [1.29, 1.82) is 0 Å². The van der Waals surface area contributed by atoms with Gasteiger partial charge in [-0.1, -0.05) is 45.4 Å². The smallest absolute Gasteiger partial charge is 0.332 e. The molecule has 2 aliphatic heterocycles. The van der Waals surface area contributed by atoms with Crippen LogP contribution in [0.1, 0.15) is 101 Å². The monoisotopic (exact) mass is 874 g/mol. The molecule has 3 heterocycles. The normalized spacial score (nSPS) is 30.8. The van der Waals surface area contributed by atoms with Gasteiger partial charge in [0.2, 0.25) is 11.8 Å². The first-order valence-corrected chi connectivity index (χ1v) is 21.9. The van der Waals surface area contributed by atoms with E-state index in [0.717, 1.165) is 32.1 Å². The summed E-state index contributed by atoms with van der Waals surface area (Å²) in [4.78, 5) is 55.6. The predicted molar refractivity (Wildman–Crippen MR) is 214 cm³/mol. The molecular formula is C40H66N4O15S. The summed E-state index contributed by atoms with van der Waals surface area (Å²) in [5.74, 6) is -3.41. The van der Waals surface area contributed by atoms with Gasteiger partial charge in [0, 0.05) is 37.0 Å². The highest BCUT2D eigenvalue weighted by atomic mass is 32.1. The van der Waals surface area contributed by atoms with Gasteiger partial charge in [-0.2, -0.15) is 0 Å². The van der Waals surface area contributed by atoms with Crippen LogP contribution in [-0.4, -0.2) is 159 Å². The number of aliphatic carboxylic acids is 1. The highest BCUT2D eigenvalue weighted by Gasteiger charge is 2.49. The second-order valence-electron chi connectivity index (χ2n) is 16.4. The van der Waals surface area contributed by atoms with Gasteiger partial charge < -0.3 is 70.3 Å². The molecule has 9 N–H and O–H groups in total. The first kappa shape index (κ1) is 49.8. The van der Waals surface area contributed by atoms with Crippen LogP contribution in [-0.2, 0) is 38.1 Å². The second kappa shape index (κ2) is 24.1. The molecule has 0 radical (unpaired) electrons. The summed E-state index contributed by atoms with van der Waals surface area (Å²) in [6.45, 7) is 7.70. The number of aliphatic hydroxyl groups excluding tert-OH is 5. The van der Waals surface area contributed by atoms with E-state index >= 15 is 0 Å². The number of carboxylic acids is 1. The van der Waals surface area contributed by atoms with Gasteiger partial charge in [0.1, 0.15) is 42.7 Å². The van der Waals surface area contributed by atoms with Crippen molar-refractivity contribution < 1.29 is 73.5 Å². The van der Waals surface area contributed by atoms with Gasteiger partial charge in [-0.15, -0.1) is 11.3 Å². The van der Waals surface area contributed by atoms with Gasteiger partial charge in [-0.3, -0.25) is 14.4 Å². The zero-order valence-corrected chi connectivity index (χ0v) is 36.0. The summed E-state index contributed by atoms with van der Waals surface area (Å²) in [5, 5.41) is 72.9. The third kappa shape index (κ3) is 14.3. The minimum atomic E-state index is -1.53. The van der Waals surface area contributed by atoms with E-state index in [1.165, 1.54) is 18.3 Å². The van der Waals surface area contributed by atoms with Crippen LogP contribution in [0, 0.1) is 24.7 Å². The van der Waals surface area contributed by atoms with Crippen LogP contribution in [0.5, 0.6) is 0 Å². The lowest BCUT2D eigenvalue weighted by Gasteiger charge is -2.45. The first-order valence-electron chi connectivity index (χ1n) is 21.1. The average Bonchev–Trinajstić information content (AvgIpc) is 3.66. The van der Waals surface area contributed by atoms with Crippen molar-refractivity contribution in [2.75, 3.05) is 26.3 Å². The topological polar surface area (TPSA) is 285 Å². The molecule has 20 heteroatoms. The number of ether oxygens (including phenoxy) is 5. The number of carbonyl (C=O) groups excluding carboxylic acids is 3. The number of aromatic nitrogens is 1. The largest absolute Gasteiger partial charge is 0.479 e. The van der Waals surface area contributed by atoms with Gasteiger partial charge in [0.25, 0.3) is 5.91 Å². The Morgan fingerprint density at radius 2 is 1.65 bits per heavy atom. The summed E-state index contributed by atoms with van der Waals surface area (Å²) in [6.07, 6.45) is -8.09. The van der Waals surface area contributed by atoms with Crippen LogP contribution in [0.4, 0.5) is 0 Å². The minimum absolute atomic E-state index is 0.0209. The van der Waals surface area contributed by atoms with E-state index in [0.29, 0.717) is 17.1 Å². The summed E-state index contributed by atoms with van der Waals surface area (Å²) >= 11 is 1.21. The quantitative estimate of drug-likeness (QED) is 0.0712. The maximum absolute atomic E-state index is 13.9. The van der Waals surface area contributed by atoms with Crippen molar-refractivity contribution in [1.82, 2.24) is 20.9 Å². The molecule has 1 saturated carbocycles. The number of hydrogen-bond donors (Lipinski definition) is 9. The molecule has 342 valence electrons. The molecule has 5 unspecified atom stereocenters. The Morgan fingerprint density at radius 1 is 0.950 bits per heavy atom. The molecule has 1 aromatic rings. The number of amides is 3. The number of nitrogens with one attached hydrogen (secondary N) is 3. The molecule has 1 aromatic heterocycles. The third-order valence-electron chi connectivity index (χ3n) is 11.5. The fraction of sp³-hybridized carbons (Fsp3) is 0.825. The number of nitrogens with zero attached hydrogens (tertiary/aromatic N) is 1. The summed E-state index contributed by atoms with van der Waals surface area (Å²) in [7, 11) is 0. The average molecular weight is 875 g/mol. The van der Waals surface area contributed by atoms with E-state index in [9.17, 15) is 49.8 Å². The van der Waals surface area contributed by atoms with Crippen LogP contribution in [0.25, 0.3) is 0 Å². The van der Waals surface area contributed by atoms with Gasteiger partial charge in [-0.25, -0.2) is 9.78 Å². The molecular weight excluding hydrogens is 809 g/mol. The zero-order chi connectivity index (χ0) is 44.1. The number of carboxylic acid groups (broad SMARTS) is 1. The molecule has 1 aliphatic carbocycles. The molecule has 0 aromatic carbocycles. The highest BCUT2D eigenvalue weighted by molar-refractivity contribution is 7.11. The van der Waals surface area contributed by atoms with E-state index in [2.05, 4.69) is 20.9 Å². The Balaban J connectivity index is 1.49. The molecule has 0 bridgehead atoms. The van der Waals surface area contributed by atoms with E-state index in [1.807, 2.05) is 6.92 Å². The summed E-state index contributed by atoms with van der Waals surface area (Å²) < 4.78 is 29.9. The van der Waals surface area contributed by atoms with Crippen LogP contribution >= 0.6 is 11.3 Å². The molecule has 3 fully saturated rings. The van der Waals surface area contributed by atoms with Crippen molar-refractivity contribution >= 4 is 35.0 Å². The SMILES string of the molecule is CC[C@@H](COC1O[C@@H](C)C(O)[C@H](O)[C@@H]1O)CC(C[C@H](C)O[C@@H]1O[C@@H](CO)[C@H](O)C(O[C@@H](CC2CCCCC2)C(=O)O)C1NC(C)=O)C(=O)NCCNC(=O)c1nc(C)cs1. The van der Waals surface area contributed by atoms with E-state index < -0.39 is 98.0 Å². The molecule has 2 saturated heterocycles. The number of aliphatic hydroxyl groups is 5. The van der Waals surface area contributed by atoms with Crippen molar-refractivity contribution in [2.24, 2.45) is 17.8 Å². The fourth-order valence-corrected chi connectivity index (χ4v) is 8.75. The van der Waals surface area contributed by atoms with Gasteiger partial charge in [0.15, 0.2) is 23.7 Å². The van der Waals surface area contributed by atoms with Gasteiger partial charge in [0.05, 0.1) is 25.4 Å². The number of carbonyl (C=O) groups is 4. The maximum atomic E-state index is 13.9. The molecule has 4 rings (SSSR count). The Morgan fingerprint density at radius 3 is 2.27 bits per heavy atom. The summed E-state index contributed by atoms with van der Waals surface area (Å²) in [6, 6.07) is -1.21. The minimum Gasteiger partial charge on any atom is -0.479 e. The molecule has 0 spiro atoms. The molecule has 3 amide bonds. The first-order chi connectivity index (χ1) is 28.5. The van der Waals surface area contributed by atoms with Crippen molar-refractivity contribution in [3.05, 3.63) is 16.1 Å². The van der Waals surface area contributed by atoms with E-state index in [4.69, 9.17) is 23.7 Å². The Labute approximate surface area is 354 Å². The van der Waals surface area contributed by atoms with Crippen molar-refractivity contribution in [3.63, 3.8) is 0 Å². The maximum Gasteiger partial charge on any atom is 0.332 e. The van der Waals surface area contributed by atoms with Crippen LogP contribution in [0.2, 0.25) is 0 Å². The molecule has 3 aliphatic rings. The lowest BCUT2D eigenvalue weighted by Crippen LogP contribution is -2.66. The van der Waals surface area contributed by atoms with E-state index in [-0.39, 0.29) is 62.6 Å². The Hall–Kier alpha value is -2.89. The van der Waals surface area contributed by atoms with Crippen LogP contribution in [0.3, 0.4) is 0 Å². The number of aryl methyl sites for hydroxylation is 1. The molecule has 14 atom stereocenters. The van der Waals surface area contributed by atoms with Crippen LogP contribution < -0.4 is 16.0 Å². The molecule has 19 nitrogen and oxygen atoms in total. The molecule has 60 heavy (non-hydrogen) atoms. The lowest BCUT2D eigenvalue weighted by molar-refractivity contribution is -0.296. The van der Waals surface area contributed by atoms with Gasteiger partial charge in [-0.05, 0) is 51.9 Å². The second-order valence-corrected chi connectivity index (χ2v) is 17.2. The Bertz CT molecular complexity index is 1520. The van der Waals surface area contributed by atoms with E-state index in [1.54, 1.807) is 26.2 Å². The standard InChI is InChI=1S/C40H66N4O15S/c1-6-24(18-55-40-33(50)32(49)30(47)22(4)57-40)15-26(35(51)41-12-13-42-36(52)37-43-20(2)19-60-37)14-21(3)56-39-29(44-23(5)46)34(31(48)28(17-45)59-39)58-27(38(53)54)16-25-10-8-7-9-11-25/h19,21-22,24-34,39-40,45,47-50H,6-18H2,1-5H3,(H,41,51)(H,42,52)(H,44,46)(H,53,54)/t21-,22-,24+,26?,27-,28-,29?,30?,31-,32-,33-,34?,39+,40?/m0/s1.